The zero-order valence-electron chi connectivity index (χ0n) is 10.9. The number of sulfonamides is 1. The van der Waals surface area contributed by atoms with Gasteiger partial charge in [0.2, 0.25) is 0 Å². The number of nitrogens with one attached hydrogen (secondary N) is 1. The van der Waals surface area contributed by atoms with Crippen LogP contribution in [0.1, 0.15) is 11.1 Å². The maximum absolute atomic E-state index is 12.4. The van der Waals surface area contributed by atoms with E-state index in [0.29, 0.717) is 5.69 Å². The third-order valence-electron chi connectivity index (χ3n) is 2.86. The Balaban J connectivity index is 2.41. The fourth-order valence-corrected chi connectivity index (χ4v) is 4.03. The van der Waals surface area contributed by atoms with Crippen LogP contribution < -0.4 is 4.72 Å². The van der Waals surface area contributed by atoms with E-state index in [1.165, 1.54) is 0 Å². The van der Waals surface area contributed by atoms with Gasteiger partial charge in [-0.2, -0.15) is 0 Å². The Morgan fingerprint density at radius 2 is 1.40 bits per heavy atom. The molecule has 6 heteroatoms. The second-order valence-electron chi connectivity index (χ2n) is 4.47. The summed E-state index contributed by atoms with van der Waals surface area (Å²) in [5.41, 5.74) is 2.37. The van der Waals surface area contributed by atoms with E-state index in [2.05, 4.69) is 36.6 Å². The minimum absolute atomic E-state index is 0.238. The van der Waals surface area contributed by atoms with Gasteiger partial charge in [-0.1, -0.05) is 31.9 Å². The normalized spacial score (nSPS) is 11.4. The molecule has 0 heterocycles. The van der Waals surface area contributed by atoms with Gasteiger partial charge in [-0.25, -0.2) is 8.42 Å². The molecule has 1 N–H and O–H groups in total. The Bertz CT molecular complexity index is 717. The van der Waals surface area contributed by atoms with Crippen molar-refractivity contribution in [1.29, 1.82) is 0 Å². The van der Waals surface area contributed by atoms with E-state index >= 15 is 0 Å². The van der Waals surface area contributed by atoms with Gasteiger partial charge in [0, 0.05) is 8.95 Å². The average molecular weight is 419 g/mol. The van der Waals surface area contributed by atoms with Crippen LogP contribution in [0.2, 0.25) is 0 Å². The minimum Gasteiger partial charge on any atom is -0.279 e. The highest BCUT2D eigenvalue weighted by atomic mass is 79.9. The summed E-state index contributed by atoms with van der Waals surface area (Å²) in [7, 11) is -3.57. The van der Waals surface area contributed by atoms with Gasteiger partial charge in [0.1, 0.15) is 0 Å². The monoisotopic (exact) mass is 417 g/mol. The zero-order chi connectivity index (χ0) is 14.9. The van der Waals surface area contributed by atoms with E-state index in [1.807, 2.05) is 26.0 Å². The van der Waals surface area contributed by atoms with E-state index in [0.717, 1.165) is 20.1 Å². The highest BCUT2D eigenvalue weighted by Gasteiger charge is 2.16. The molecule has 0 unspecified atom stereocenters. The van der Waals surface area contributed by atoms with Crippen LogP contribution in [0.3, 0.4) is 0 Å². The lowest BCUT2D eigenvalue weighted by molar-refractivity contribution is 0.601. The van der Waals surface area contributed by atoms with Crippen molar-refractivity contribution in [3.8, 4) is 0 Å². The van der Waals surface area contributed by atoms with Crippen LogP contribution in [-0.2, 0) is 10.0 Å². The van der Waals surface area contributed by atoms with Gasteiger partial charge in [-0.3, -0.25) is 4.72 Å². The van der Waals surface area contributed by atoms with E-state index in [9.17, 15) is 8.42 Å². The summed E-state index contributed by atoms with van der Waals surface area (Å²) in [4.78, 5) is 0.238. The van der Waals surface area contributed by atoms with E-state index in [-0.39, 0.29) is 4.90 Å². The van der Waals surface area contributed by atoms with Gasteiger partial charge < -0.3 is 0 Å². The Morgan fingerprint density at radius 1 is 0.900 bits per heavy atom. The lowest BCUT2D eigenvalue weighted by atomic mass is 10.1. The van der Waals surface area contributed by atoms with Gasteiger partial charge in [0.25, 0.3) is 10.0 Å². The molecule has 0 aliphatic heterocycles. The summed E-state index contributed by atoms with van der Waals surface area (Å²) in [5.74, 6) is 0. The summed E-state index contributed by atoms with van der Waals surface area (Å²) in [6.45, 7) is 3.74. The molecule has 2 aromatic rings. The highest BCUT2D eigenvalue weighted by molar-refractivity contribution is 9.10. The Hall–Kier alpha value is -0.850. The van der Waals surface area contributed by atoms with Crippen LogP contribution in [0.5, 0.6) is 0 Å². The molecule has 0 aliphatic carbocycles. The quantitative estimate of drug-likeness (QED) is 0.789. The number of benzene rings is 2. The van der Waals surface area contributed by atoms with Crippen LogP contribution >= 0.6 is 31.9 Å². The zero-order valence-corrected chi connectivity index (χ0v) is 14.9. The van der Waals surface area contributed by atoms with E-state index in [4.69, 9.17) is 0 Å². The Kier molecular flexibility index (Phi) is 4.56. The summed E-state index contributed by atoms with van der Waals surface area (Å²) in [6.07, 6.45) is 0. The maximum atomic E-state index is 12.4. The molecule has 0 bridgehead atoms. The molecule has 0 aliphatic rings. The van der Waals surface area contributed by atoms with Crippen molar-refractivity contribution in [2.45, 2.75) is 18.7 Å². The van der Waals surface area contributed by atoms with Crippen LogP contribution in [-0.4, -0.2) is 8.42 Å². The maximum Gasteiger partial charge on any atom is 0.261 e. The van der Waals surface area contributed by atoms with Crippen molar-refractivity contribution in [3.05, 3.63) is 56.5 Å². The second kappa shape index (κ2) is 5.87. The molecule has 0 atom stereocenters. The molecule has 0 amide bonds. The molecule has 3 nitrogen and oxygen atoms in total. The molecule has 0 aromatic heterocycles. The number of hydrogen-bond donors (Lipinski definition) is 1. The molecular weight excluding hydrogens is 406 g/mol. The van der Waals surface area contributed by atoms with Gasteiger partial charge in [-0.15, -0.1) is 0 Å². The van der Waals surface area contributed by atoms with Gasteiger partial charge in [0.15, 0.2) is 0 Å². The first-order valence-corrected chi connectivity index (χ1v) is 8.91. The molecule has 0 saturated carbocycles. The van der Waals surface area contributed by atoms with E-state index in [1.54, 1.807) is 24.3 Å². The van der Waals surface area contributed by atoms with Crippen LogP contribution in [0.4, 0.5) is 5.69 Å². The number of rotatable bonds is 3. The van der Waals surface area contributed by atoms with Crippen LogP contribution in [0, 0.1) is 13.8 Å². The molecule has 0 spiro atoms. The Morgan fingerprint density at radius 3 is 1.90 bits per heavy atom. The topological polar surface area (TPSA) is 46.2 Å². The van der Waals surface area contributed by atoms with Gasteiger partial charge in [-0.05, 0) is 61.4 Å². The summed E-state index contributed by atoms with van der Waals surface area (Å²) in [5, 5.41) is 0. The summed E-state index contributed by atoms with van der Waals surface area (Å²) in [6, 6.07) is 10.3. The molecule has 2 rings (SSSR count). The number of halogens is 2. The predicted molar refractivity (Wildman–Crippen MR) is 88.6 cm³/mol. The van der Waals surface area contributed by atoms with Gasteiger partial charge in [0.05, 0.1) is 10.6 Å². The average Bonchev–Trinajstić information content (AvgIpc) is 2.34. The van der Waals surface area contributed by atoms with Crippen molar-refractivity contribution in [2.75, 3.05) is 4.72 Å². The second-order valence-corrected chi connectivity index (χ2v) is 7.99. The predicted octanol–water partition coefficient (Wildman–Crippen LogP) is 4.63. The third kappa shape index (κ3) is 3.42. The summed E-state index contributed by atoms with van der Waals surface area (Å²) >= 11 is 6.69. The SMILES string of the molecule is Cc1cc(Br)cc(C)c1NS(=O)(=O)c1ccc(Br)cc1. The lowest BCUT2D eigenvalue weighted by Gasteiger charge is -2.14. The molecule has 0 radical (unpaired) electrons. The standard InChI is InChI=1S/C14H13Br2NO2S/c1-9-7-12(16)8-10(2)14(9)17-20(18,19)13-5-3-11(15)4-6-13/h3-8,17H,1-2H3. The van der Waals surface area contributed by atoms with E-state index < -0.39 is 10.0 Å². The number of aryl methyl sites for hydroxylation is 2. The van der Waals surface area contributed by atoms with Gasteiger partial charge >= 0.3 is 0 Å². The van der Waals surface area contributed by atoms with Crippen molar-refractivity contribution in [3.63, 3.8) is 0 Å². The largest absolute Gasteiger partial charge is 0.279 e. The fraction of sp³-hybridized carbons (Fsp3) is 0.143. The molecule has 2 aromatic carbocycles. The molecular formula is C14H13Br2NO2S. The third-order valence-corrected chi connectivity index (χ3v) is 5.21. The summed E-state index contributed by atoms with van der Waals surface area (Å²) < 4.78 is 29.2. The van der Waals surface area contributed by atoms with Crippen molar-refractivity contribution >= 4 is 47.6 Å². The lowest BCUT2D eigenvalue weighted by Crippen LogP contribution is -2.14. The Labute approximate surface area is 135 Å². The van der Waals surface area contributed by atoms with Crippen molar-refractivity contribution in [2.24, 2.45) is 0 Å². The minimum atomic E-state index is -3.57. The first-order valence-electron chi connectivity index (χ1n) is 5.85. The first-order chi connectivity index (χ1) is 9.29. The molecule has 106 valence electrons. The van der Waals surface area contributed by atoms with Crippen LogP contribution in [0.25, 0.3) is 0 Å². The van der Waals surface area contributed by atoms with Crippen molar-refractivity contribution < 1.29 is 8.42 Å². The van der Waals surface area contributed by atoms with Crippen molar-refractivity contribution in [1.82, 2.24) is 0 Å². The number of anilines is 1. The molecule has 20 heavy (non-hydrogen) atoms. The molecule has 0 saturated heterocycles. The fourth-order valence-electron chi connectivity index (χ4n) is 1.88. The smallest absolute Gasteiger partial charge is 0.261 e. The number of hydrogen-bond acceptors (Lipinski definition) is 2. The van der Waals surface area contributed by atoms with Crippen LogP contribution in [0.15, 0.2) is 50.2 Å². The first kappa shape index (κ1) is 15.5. The highest BCUT2D eigenvalue weighted by Crippen LogP contribution is 2.27. The molecule has 0 fully saturated rings.